The Kier molecular flexibility index (Phi) is 2.12. The molecule has 2 nitrogen and oxygen atoms in total. The fourth-order valence-corrected chi connectivity index (χ4v) is 1.29. The Bertz CT molecular complexity index is 353. The van der Waals surface area contributed by atoms with E-state index in [0.717, 1.165) is 11.3 Å². The van der Waals surface area contributed by atoms with E-state index in [-0.39, 0.29) is 0 Å². The van der Waals surface area contributed by atoms with Crippen molar-refractivity contribution >= 4 is 22.6 Å². The van der Waals surface area contributed by atoms with Gasteiger partial charge in [0.05, 0.1) is 6.20 Å². The fraction of sp³-hybridized carbons (Fsp3) is 0. The van der Waals surface area contributed by atoms with Crippen LogP contribution >= 0.6 is 22.6 Å². The number of oxazole rings is 1. The van der Waals surface area contributed by atoms with Gasteiger partial charge in [-0.3, -0.25) is 0 Å². The average molecular weight is 270 g/mol. The molecular weight excluding hydrogens is 265 g/mol. The lowest BCUT2D eigenvalue weighted by atomic mass is 10.2. The fourth-order valence-electron chi connectivity index (χ4n) is 0.934. The van der Waals surface area contributed by atoms with Gasteiger partial charge in [-0.05, 0) is 34.7 Å². The van der Waals surface area contributed by atoms with Gasteiger partial charge in [0.2, 0.25) is 0 Å². The summed E-state index contributed by atoms with van der Waals surface area (Å²) in [6.07, 6.45) is 4.07. The van der Waals surface area contributed by atoms with Crippen LogP contribution in [0.4, 0.5) is 0 Å². The predicted molar refractivity (Wildman–Crippen MR) is 53.5 cm³/mol. The molecule has 1 heterocycles. The second-order valence-electron chi connectivity index (χ2n) is 2.32. The van der Waals surface area contributed by atoms with Gasteiger partial charge < -0.3 is 4.42 Å². The minimum Gasteiger partial charge on any atom is -0.432 e. The van der Waals surface area contributed by atoms with E-state index in [1.165, 1.54) is 3.57 Å². The van der Waals surface area contributed by atoms with E-state index >= 15 is 0 Å². The monoisotopic (exact) mass is 270 g/mol. The largest absolute Gasteiger partial charge is 0.432 e. The van der Waals surface area contributed by atoms with E-state index in [0.29, 0.717) is 0 Å². The summed E-state index contributed by atoms with van der Waals surface area (Å²) in [5.41, 5.74) is 1.03. The normalized spacial score (nSPS) is 10.1. The standard InChI is InChI=1S/C9H5INO/c10-8-3-1-7(2-4-8)9-5-11-6-12-9/h1-5H. The van der Waals surface area contributed by atoms with Crippen LogP contribution in [0.1, 0.15) is 0 Å². The van der Waals surface area contributed by atoms with Crippen molar-refractivity contribution in [1.82, 2.24) is 4.98 Å². The topological polar surface area (TPSA) is 26.0 Å². The molecule has 1 aromatic heterocycles. The van der Waals surface area contributed by atoms with Gasteiger partial charge in [-0.2, -0.15) is 0 Å². The molecule has 2 aromatic rings. The second-order valence-corrected chi connectivity index (χ2v) is 3.57. The SMILES string of the molecule is Ic1ccc(-c2cn[c]o2)cc1. The highest BCUT2D eigenvalue weighted by Crippen LogP contribution is 2.18. The van der Waals surface area contributed by atoms with Gasteiger partial charge >= 0.3 is 0 Å². The van der Waals surface area contributed by atoms with Crippen molar-refractivity contribution < 1.29 is 4.42 Å². The van der Waals surface area contributed by atoms with Crippen LogP contribution in [0.2, 0.25) is 0 Å². The molecule has 0 atom stereocenters. The van der Waals surface area contributed by atoms with Crippen LogP contribution in [0.3, 0.4) is 0 Å². The zero-order valence-electron chi connectivity index (χ0n) is 6.12. The van der Waals surface area contributed by atoms with Crippen LogP contribution in [-0.4, -0.2) is 4.98 Å². The minimum absolute atomic E-state index is 0.756. The third-order valence-corrected chi connectivity index (χ3v) is 2.24. The predicted octanol–water partition coefficient (Wildman–Crippen LogP) is 2.75. The van der Waals surface area contributed by atoms with Gasteiger partial charge in [0.1, 0.15) is 0 Å². The zero-order chi connectivity index (χ0) is 8.39. The quantitative estimate of drug-likeness (QED) is 0.745. The molecular formula is C9H5INO. The first kappa shape index (κ1) is 7.79. The van der Waals surface area contributed by atoms with Crippen molar-refractivity contribution in [2.75, 3.05) is 0 Å². The van der Waals surface area contributed by atoms with Crippen LogP contribution in [0.15, 0.2) is 34.9 Å². The van der Waals surface area contributed by atoms with Crippen molar-refractivity contribution in [3.05, 3.63) is 40.4 Å². The lowest BCUT2D eigenvalue weighted by molar-refractivity contribution is 0.561. The molecule has 0 unspecified atom stereocenters. The molecule has 0 saturated carbocycles. The maximum atomic E-state index is 5.02. The summed E-state index contributed by atoms with van der Waals surface area (Å²) in [5.74, 6) is 0.756. The van der Waals surface area contributed by atoms with Gasteiger partial charge in [-0.1, -0.05) is 12.1 Å². The Hall–Kier alpha value is -0.840. The van der Waals surface area contributed by atoms with Crippen molar-refractivity contribution in [2.24, 2.45) is 0 Å². The third-order valence-electron chi connectivity index (χ3n) is 1.52. The number of rotatable bonds is 1. The van der Waals surface area contributed by atoms with Gasteiger partial charge in [-0.15, -0.1) is 0 Å². The summed E-state index contributed by atoms with van der Waals surface area (Å²) in [7, 11) is 0. The molecule has 0 N–H and O–H groups in total. The number of aromatic nitrogens is 1. The molecule has 12 heavy (non-hydrogen) atoms. The van der Waals surface area contributed by atoms with Crippen LogP contribution < -0.4 is 0 Å². The zero-order valence-corrected chi connectivity index (χ0v) is 8.28. The van der Waals surface area contributed by atoms with E-state index in [1.54, 1.807) is 6.20 Å². The minimum atomic E-state index is 0.756. The number of benzene rings is 1. The molecule has 2 rings (SSSR count). The van der Waals surface area contributed by atoms with Gasteiger partial charge in [0.25, 0.3) is 6.39 Å². The molecule has 59 valence electrons. The molecule has 0 fully saturated rings. The summed E-state index contributed by atoms with van der Waals surface area (Å²) in [5, 5.41) is 0. The van der Waals surface area contributed by atoms with Crippen molar-refractivity contribution in [1.29, 1.82) is 0 Å². The van der Waals surface area contributed by atoms with Crippen LogP contribution in [0.25, 0.3) is 11.3 Å². The van der Waals surface area contributed by atoms with Gasteiger partial charge in [0, 0.05) is 9.13 Å². The highest BCUT2D eigenvalue weighted by molar-refractivity contribution is 14.1. The summed E-state index contributed by atoms with van der Waals surface area (Å²) in [6.45, 7) is 0. The average Bonchev–Trinajstić information content (AvgIpc) is 2.58. The van der Waals surface area contributed by atoms with E-state index in [1.807, 2.05) is 24.3 Å². The van der Waals surface area contributed by atoms with Crippen molar-refractivity contribution in [3.63, 3.8) is 0 Å². The van der Waals surface area contributed by atoms with Crippen LogP contribution in [0, 0.1) is 9.96 Å². The Morgan fingerprint density at radius 1 is 1.25 bits per heavy atom. The molecule has 3 heteroatoms. The number of hydrogen-bond acceptors (Lipinski definition) is 2. The van der Waals surface area contributed by atoms with E-state index in [2.05, 4.69) is 34.0 Å². The molecule has 0 aliphatic carbocycles. The first-order chi connectivity index (χ1) is 5.86. The first-order valence-electron chi connectivity index (χ1n) is 3.44. The maximum absolute atomic E-state index is 5.02. The molecule has 0 spiro atoms. The Labute approximate surface area is 83.8 Å². The summed E-state index contributed by atoms with van der Waals surface area (Å²) >= 11 is 2.26. The van der Waals surface area contributed by atoms with Crippen molar-refractivity contribution in [2.45, 2.75) is 0 Å². The Morgan fingerprint density at radius 3 is 2.58 bits per heavy atom. The molecule has 0 aliphatic rings. The lowest BCUT2D eigenvalue weighted by Gasteiger charge is -1.94. The second kappa shape index (κ2) is 3.26. The highest BCUT2D eigenvalue weighted by atomic mass is 127. The number of hydrogen-bond donors (Lipinski definition) is 0. The first-order valence-corrected chi connectivity index (χ1v) is 4.52. The maximum Gasteiger partial charge on any atom is 0.284 e. The molecule has 1 radical (unpaired) electrons. The number of halogens is 1. The number of nitrogens with zero attached hydrogens (tertiary/aromatic N) is 1. The van der Waals surface area contributed by atoms with Gasteiger partial charge in [0.15, 0.2) is 5.76 Å². The van der Waals surface area contributed by atoms with Crippen LogP contribution in [0.5, 0.6) is 0 Å². The summed E-state index contributed by atoms with van der Waals surface area (Å²) in [4.78, 5) is 3.73. The Balaban J connectivity index is 2.43. The Morgan fingerprint density at radius 2 is 2.00 bits per heavy atom. The van der Waals surface area contributed by atoms with Crippen LogP contribution in [-0.2, 0) is 0 Å². The van der Waals surface area contributed by atoms with E-state index < -0.39 is 0 Å². The molecule has 0 bridgehead atoms. The molecule has 0 saturated heterocycles. The lowest BCUT2D eigenvalue weighted by Crippen LogP contribution is -1.73. The molecule has 1 aromatic carbocycles. The molecule has 0 aliphatic heterocycles. The smallest absolute Gasteiger partial charge is 0.284 e. The summed E-state index contributed by atoms with van der Waals surface area (Å²) in [6, 6.07) is 8.04. The van der Waals surface area contributed by atoms with E-state index in [4.69, 9.17) is 4.42 Å². The molecule has 0 amide bonds. The van der Waals surface area contributed by atoms with Gasteiger partial charge in [-0.25, -0.2) is 4.98 Å². The van der Waals surface area contributed by atoms with Crippen molar-refractivity contribution in [3.8, 4) is 11.3 Å². The third kappa shape index (κ3) is 1.50. The van der Waals surface area contributed by atoms with E-state index in [9.17, 15) is 0 Å². The summed E-state index contributed by atoms with van der Waals surface area (Å²) < 4.78 is 6.23. The highest BCUT2D eigenvalue weighted by Gasteiger charge is 1.99.